The van der Waals surface area contributed by atoms with Crippen molar-refractivity contribution in [2.24, 2.45) is 0 Å². The molecule has 19 heavy (non-hydrogen) atoms. The Morgan fingerprint density at radius 1 is 1.16 bits per heavy atom. The van der Waals surface area contributed by atoms with Gasteiger partial charge in [0.15, 0.2) is 5.82 Å². The first-order chi connectivity index (χ1) is 9.15. The van der Waals surface area contributed by atoms with Gasteiger partial charge < -0.3 is 5.73 Å². The maximum atomic E-state index is 5.98. The lowest BCUT2D eigenvalue weighted by Gasteiger charge is -2.03. The van der Waals surface area contributed by atoms with E-state index < -0.39 is 0 Å². The molecule has 2 aromatic heterocycles. The molecule has 0 amide bonds. The smallest absolute Gasteiger partial charge is 0.153 e. The molecular weight excluding hydrogens is 346 g/mol. The number of H-pyrrole nitrogens is 1. The molecule has 3 aromatic rings. The summed E-state index contributed by atoms with van der Waals surface area (Å²) < 4.78 is 1.77. The number of hydrogen-bond donors (Lipinski definition) is 2. The second-order valence-corrected chi connectivity index (χ2v) is 6.60. The van der Waals surface area contributed by atoms with Crippen LogP contribution in [0.3, 0.4) is 0 Å². The molecule has 0 bridgehead atoms. The summed E-state index contributed by atoms with van der Waals surface area (Å²) in [5, 5.41) is 7.09. The van der Waals surface area contributed by atoms with Crippen LogP contribution >= 0.6 is 38.9 Å². The number of nitrogens with one attached hydrogen (secondary N) is 1. The Labute approximate surface area is 127 Å². The molecule has 6 heteroatoms. The summed E-state index contributed by atoms with van der Waals surface area (Å²) in [6.07, 6.45) is 0. The minimum atomic E-state index is 0.488. The van der Waals surface area contributed by atoms with Crippen molar-refractivity contribution in [3.05, 3.63) is 45.2 Å². The Morgan fingerprint density at radius 2 is 1.89 bits per heavy atom. The molecule has 0 atom stereocenters. The lowest BCUT2D eigenvalue weighted by atomic mass is 10.0. The van der Waals surface area contributed by atoms with Crippen molar-refractivity contribution >= 4 is 44.7 Å². The number of nitrogens with two attached hydrogens (primary N) is 1. The fourth-order valence-corrected chi connectivity index (χ4v) is 3.20. The van der Waals surface area contributed by atoms with E-state index in [2.05, 4.69) is 26.1 Å². The average Bonchev–Trinajstić information content (AvgIpc) is 2.97. The Bertz CT molecular complexity index is 718. The Balaban J connectivity index is 2.16. The Hall–Kier alpha value is -1.30. The summed E-state index contributed by atoms with van der Waals surface area (Å²) in [5.41, 5.74) is 8.80. The zero-order chi connectivity index (χ0) is 13.4. The lowest BCUT2D eigenvalue weighted by molar-refractivity contribution is 1.11. The van der Waals surface area contributed by atoms with Gasteiger partial charge in [0.2, 0.25) is 0 Å². The summed E-state index contributed by atoms with van der Waals surface area (Å²) in [7, 11) is 0. The van der Waals surface area contributed by atoms with Gasteiger partial charge in [-0.25, -0.2) is 0 Å². The van der Waals surface area contributed by atoms with Crippen molar-refractivity contribution < 1.29 is 0 Å². The fourth-order valence-electron chi connectivity index (χ4n) is 1.89. The largest absolute Gasteiger partial charge is 0.382 e. The molecule has 0 fully saturated rings. The number of halogens is 2. The highest BCUT2D eigenvalue weighted by atomic mass is 79.9. The van der Waals surface area contributed by atoms with Crippen LogP contribution in [0.4, 0.5) is 5.82 Å². The highest BCUT2D eigenvalue weighted by Crippen LogP contribution is 2.39. The van der Waals surface area contributed by atoms with E-state index in [0.717, 1.165) is 30.5 Å². The first kappa shape index (κ1) is 12.7. The fraction of sp³-hybridized carbons (Fsp3) is 0. The van der Waals surface area contributed by atoms with Crippen molar-refractivity contribution in [3.8, 4) is 21.7 Å². The lowest BCUT2D eigenvalue weighted by Crippen LogP contribution is -1.88. The Kier molecular flexibility index (Phi) is 3.35. The topological polar surface area (TPSA) is 54.7 Å². The number of nitrogens with zero attached hydrogens (tertiary/aromatic N) is 1. The minimum Gasteiger partial charge on any atom is -0.382 e. The quantitative estimate of drug-likeness (QED) is 0.694. The first-order valence-electron chi connectivity index (χ1n) is 5.50. The summed E-state index contributed by atoms with van der Waals surface area (Å²) in [6.45, 7) is 0. The van der Waals surface area contributed by atoms with E-state index in [1.165, 1.54) is 11.3 Å². The van der Waals surface area contributed by atoms with E-state index in [-0.39, 0.29) is 0 Å². The number of aromatic amines is 1. The van der Waals surface area contributed by atoms with E-state index in [1.807, 2.05) is 36.4 Å². The van der Waals surface area contributed by atoms with Crippen molar-refractivity contribution in [2.45, 2.75) is 0 Å². The predicted molar refractivity (Wildman–Crippen MR) is 84.5 cm³/mol. The highest BCUT2D eigenvalue weighted by molar-refractivity contribution is 9.10. The van der Waals surface area contributed by atoms with Gasteiger partial charge >= 0.3 is 0 Å². The zero-order valence-electron chi connectivity index (χ0n) is 9.65. The average molecular weight is 355 g/mol. The minimum absolute atomic E-state index is 0.488. The van der Waals surface area contributed by atoms with Crippen molar-refractivity contribution in [3.63, 3.8) is 0 Å². The van der Waals surface area contributed by atoms with Gasteiger partial charge in [0.25, 0.3) is 0 Å². The number of rotatable bonds is 2. The standard InChI is InChI=1S/C13H9BrClN3S/c14-8-3-1-7(2-4-8)11-12(17-18-13(11)16)9-5-6-10(15)19-9/h1-6H,(H3,16,17,18). The third-order valence-electron chi connectivity index (χ3n) is 2.75. The molecule has 0 spiro atoms. The molecule has 0 aliphatic heterocycles. The second-order valence-electron chi connectivity index (χ2n) is 3.97. The van der Waals surface area contributed by atoms with Crippen LogP contribution < -0.4 is 5.73 Å². The number of thiophene rings is 1. The summed E-state index contributed by atoms with van der Waals surface area (Å²) in [5.74, 6) is 0.488. The third-order valence-corrected chi connectivity index (χ3v) is 4.52. The van der Waals surface area contributed by atoms with Gasteiger partial charge in [-0.3, -0.25) is 5.10 Å². The monoisotopic (exact) mass is 353 g/mol. The van der Waals surface area contributed by atoms with Gasteiger partial charge in [0.1, 0.15) is 0 Å². The van der Waals surface area contributed by atoms with Crippen LogP contribution in [-0.4, -0.2) is 10.2 Å². The Morgan fingerprint density at radius 3 is 2.53 bits per heavy atom. The molecule has 0 radical (unpaired) electrons. The molecule has 3 rings (SSSR count). The maximum Gasteiger partial charge on any atom is 0.153 e. The van der Waals surface area contributed by atoms with Gasteiger partial charge in [0, 0.05) is 4.47 Å². The zero-order valence-corrected chi connectivity index (χ0v) is 12.8. The van der Waals surface area contributed by atoms with Crippen molar-refractivity contribution in [1.29, 1.82) is 0 Å². The molecule has 1 aromatic carbocycles. The molecule has 0 aliphatic carbocycles. The van der Waals surface area contributed by atoms with E-state index in [9.17, 15) is 0 Å². The van der Waals surface area contributed by atoms with E-state index in [0.29, 0.717) is 5.82 Å². The van der Waals surface area contributed by atoms with Crippen LogP contribution in [0.15, 0.2) is 40.9 Å². The summed E-state index contributed by atoms with van der Waals surface area (Å²) >= 11 is 10.9. The number of anilines is 1. The maximum absolute atomic E-state index is 5.98. The van der Waals surface area contributed by atoms with Crippen molar-refractivity contribution in [1.82, 2.24) is 10.2 Å². The molecular formula is C13H9BrClN3S. The molecule has 0 saturated carbocycles. The number of aromatic nitrogens is 2. The van der Waals surface area contributed by atoms with E-state index in [4.69, 9.17) is 17.3 Å². The van der Waals surface area contributed by atoms with Crippen LogP contribution in [0.2, 0.25) is 4.34 Å². The van der Waals surface area contributed by atoms with Gasteiger partial charge in [-0.1, -0.05) is 39.7 Å². The predicted octanol–water partition coefficient (Wildman–Crippen LogP) is 4.80. The van der Waals surface area contributed by atoms with Gasteiger partial charge in [-0.15, -0.1) is 11.3 Å². The van der Waals surface area contributed by atoms with Crippen molar-refractivity contribution in [2.75, 3.05) is 5.73 Å². The second kappa shape index (κ2) is 5.00. The molecule has 3 nitrogen and oxygen atoms in total. The molecule has 3 N–H and O–H groups in total. The van der Waals surface area contributed by atoms with Crippen LogP contribution in [-0.2, 0) is 0 Å². The first-order valence-corrected chi connectivity index (χ1v) is 7.49. The number of nitrogen functional groups attached to an aromatic ring is 1. The van der Waals surface area contributed by atoms with Gasteiger partial charge in [-0.2, -0.15) is 5.10 Å². The normalized spacial score (nSPS) is 10.8. The third kappa shape index (κ3) is 2.41. The number of benzene rings is 1. The van der Waals surface area contributed by atoms with Gasteiger partial charge in [0.05, 0.1) is 20.5 Å². The van der Waals surface area contributed by atoms with E-state index in [1.54, 1.807) is 0 Å². The van der Waals surface area contributed by atoms with Crippen LogP contribution in [0.1, 0.15) is 0 Å². The molecule has 2 heterocycles. The van der Waals surface area contributed by atoms with Crippen LogP contribution in [0.25, 0.3) is 21.7 Å². The SMILES string of the molecule is Nc1n[nH]c(-c2ccc(Cl)s2)c1-c1ccc(Br)cc1. The summed E-state index contributed by atoms with van der Waals surface area (Å²) in [4.78, 5) is 1.02. The molecule has 0 unspecified atom stereocenters. The summed E-state index contributed by atoms with van der Waals surface area (Å²) in [6, 6.07) is 11.8. The molecule has 0 aliphatic rings. The number of hydrogen-bond acceptors (Lipinski definition) is 3. The van der Waals surface area contributed by atoms with E-state index >= 15 is 0 Å². The highest BCUT2D eigenvalue weighted by Gasteiger charge is 2.16. The van der Waals surface area contributed by atoms with Crippen LogP contribution in [0.5, 0.6) is 0 Å². The van der Waals surface area contributed by atoms with Crippen LogP contribution in [0, 0.1) is 0 Å². The van der Waals surface area contributed by atoms with Gasteiger partial charge in [-0.05, 0) is 29.8 Å². The molecule has 0 saturated heterocycles. The molecule has 96 valence electrons.